The summed E-state index contributed by atoms with van der Waals surface area (Å²) in [5, 5.41) is 11.2. The van der Waals surface area contributed by atoms with Crippen LogP contribution in [0.15, 0.2) is 24.3 Å². The molecule has 0 bridgehead atoms. The van der Waals surface area contributed by atoms with Crippen molar-refractivity contribution in [1.82, 2.24) is 0 Å². The van der Waals surface area contributed by atoms with Crippen molar-refractivity contribution >= 4 is 0 Å². The van der Waals surface area contributed by atoms with E-state index in [-0.39, 0.29) is 0 Å². The fourth-order valence-corrected chi connectivity index (χ4v) is 4.88. The molecule has 0 amide bonds. The molecular weight excluding hydrogens is 368 g/mol. The molecule has 30 heavy (non-hydrogen) atoms. The number of unbranched alkanes of at least 4 members (excludes halogenated alkanes) is 10. The Balaban J connectivity index is 1.63. The average Bonchev–Trinajstić information content (AvgIpc) is 2.77. The first-order chi connectivity index (χ1) is 14.7. The van der Waals surface area contributed by atoms with Gasteiger partial charge in [-0.25, -0.2) is 0 Å². The summed E-state index contributed by atoms with van der Waals surface area (Å²) in [7, 11) is 0. The molecule has 172 valence electrons. The van der Waals surface area contributed by atoms with Gasteiger partial charge in [-0.2, -0.15) is 0 Å². The summed E-state index contributed by atoms with van der Waals surface area (Å²) in [6.45, 7) is 5.33. The topological polar surface area (TPSA) is 29.5 Å². The van der Waals surface area contributed by atoms with Crippen molar-refractivity contribution in [2.24, 2.45) is 5.92 Å². The van der Waals surface area contributed by atoms with E-state index >= 15 is 0 Å². The molecule has 0 aliphatic heterocycles. The van der Waals surface area contributed by atoms with Crippen molar-refractivity contribution < 1.29 is 9.84 Å². The Labute approximate surface area is 186 Å². The van der Waals surface area contributed by atoms with Gasteiger partial charge >= 0.3 is 0 Å². The highest BCUT2D eigenvalue weighted by Gasteiger charge is 2.34. The minimum absolute atomic E-state index is 0.630. The van der Waals surface area contributed by atoms with Crippen LogP contribution in [0.1, 0.15) is 129 Å². The summed E-state index contributed by atoms with van der Waals surface area (Å²) in [5.74, 6) is 1.75. The largest absolute Gasteiger partial charge is 0.494 e. The number of rotatable bonds is 16. The minimum atomic E-state index is -0.630. The highest BCUT2D eigenvalue weighted by Crippen LogP contribution is 2.41. The molecule has 0 atom stereocenters. The molecule has 2 nitrogen and oxygen atoms in total. The zero-order valence-electron chi connectivity index (χ0n) is 20.0. The highest BCUT2D eigenvalue weighted by molar-refractivity contribution is 5.31. The Morgan fingerprint density at radius 3 is 1.90 bits per heavy atom. The van der Waals surface area contributed by atoms with Crippen molar-refractivity contribution in [1.29, 1.82) is 0 Å². The molecule has 1 aromatic rings. The summed E-state index contributed by atoms with van der Waals surface area (Å²) in [4.78, 5) is 0. The van der Waals surface area contributed by atoms with Crippen LogP contribution in [-0.4, -0.2) is 11.7 Å². The van der Waals surface area contributed by atoms with Crippen molar-refractivity contribution in [3.05, 3.63) is 29.8 Å². The van der Waals surface area contributed by atoms with E-state index < -0.39 is 5.60 Å². The normalized spacial score (nSPS) is 21.6. The lowest BCUT2D eigenvalue weighted by Gasteiger charge is -2.36. The molecule has 0 spiro atoms. The molecule has 2 heteroatoms. The van der Waals surface area contributed by atoms with E-state index in [1.54, 1.807) is 0 Å². The van der Waals surface area contributed by atoms with Gasteiger partial charge in [0, 0.05) is 0 Å². The molecule has 1 saturated carbocycles. The van der Waals surface area contributed by atoms with Gasteiger partial charge in [-0.15, -0.1) is 0 Å². The second-order valence-corrected chi connectivity index (χ2v) is 9.67. The van der Waals surface area contributed by atoms with E-state index in [0.29, 0.717) is 0 Å². The second kappa shape index (κ2) is 14.9. The number of aliphatic hydroxyl groups is 1. The second-order valence-electron chi connectivity index (χ2n) is 9.67. The van der Waals surface area contributed by atoms with E-state index in [2.05, 4.69) is 26.0 Å². The SMILES string of the molecule is CCCCCCCCOc1ccc(C2(O)CCC(CCCCCCCC)CC2)cc1. The predicted molar refractivity (Wildman–Crippen MR) is 129 cm³/mol. The number of hydrogen-bond acceptors (Lipinski definition) is 2. The summed E-state index contributed by atoms with van der Waals surface area (Å²) in [5.41, 5.74) is 0.447. The van der Waals surface area contributed by atoms with Crippen molar-refractivity contribution in [2.75, 3.05) is 6.61 Å². The van der Waals surface area contributed by atoms with Crippen LogP contribution < -0.4 is 4.74 Å². The van der Waals surface area contributed by atoms with Gasteiger partial charge in [0.2, 0.25) is 0 Å². The van der Waals surface area contributed by atoms with Gasteiger partial charge in [0.15, 0.2) is 0 Å². The Morgan fingerprint density at radius 2 is 1.30 bits per heavy atom. The molecule has 0 heterocycles. The third-order valence-electron chi connectivity index (χ3n) is 7.06. The zero-order chi connectivity index (χ0) is 21.5. The van der Waals surface area contributed by atoms with Crippen LogP contribution in [0.2, 0.25) is 0 Å². The molecule has 0 radical (unpaired) electrons. The van der Waals surface area contributed by atoms with Gasteiger partial charge in [-0.1, -0.05) is 103 Å². The summed E-state index contributed by atoms with van der Waals surface area (Å²) in [6.07, 6.45) is 21.5. The molecule has 0 saturated heterocycles. The molecule has 1 fully saturated rings. The molecular formula is C28H48O2. The summed E-state index contributed by atoms with van der Waals surface area (Å²) >= 11 is 0. The molecule has 1 aliphatic carbocycles. The molecule has 1 N–H and O–H groups in total. The third-order valence-corrected chi connectivity index (χ3v) is 7.06. The predicted octanol–water partition coefficient (Wildman–Crippen LogP) is 8.55. The van der Waals surface area contributed by atoms with Gasteiger partial charge < -0.3 is 9.84 Å². The Kier molecular flexibility index (Phi) is 12.5. The number of hydrogen-bond donors (Lipinski definition) is 1. The first-order valence-corrected chi connectivity index (χ1v) is 13.1. The molecule has 1 aliphatic rings. The third kappa shape index (κ3) is 9.41. The maximum absolute atomic E-state index is 11.2. The Bertz CT molecular complexity index is 528. The first kappa shape index (κ1) is 25.2. The van der Waals surface area contributed by atoms with Crippen molar-refractivity contribution in [3.63, 3.8) is 0 Å². The monoisotopic (exact) mass is 416 g/mol. The van der Waals surface area contributed by atoms with Gasteiger partial charge in [0.05, 0.1) is 12.2 Å². The van der Waals surface area contributed by atoms with Gasteiger partial charge in [-0.05, 0) is 55.7 Å². The van der Waals surface area contributed by atoms with Crippen molar-refractivity contribution in [3.8, 4) is 5.75 Å². The lowest BCUT2D eigenvalue weighted by atomic mass is 9.74. The maximum atomic E-state index is 11.2. The minimum Gasteiger partial charge on any atom is -0.494 e. The van der Waals surface area contributed by atoms with E-state index in [9.17, 15) is 5.11 Å². The molecule has 0 aromatic heterocycles. The first-order valence-electron chi connectivity index (χ1n) is 13.1. The molecule has 0 unspecified atom stereocenters. The van der Waals surface area contributed by atoms with Crippen molar-refractivity contribution in [2.45, 2.75) is 129 Å². The zero-order valence-corrected chi connectivity index (χ0v) is 20.0. The maximum Gasteiger partial charge on any atom is 0.119 e. The summed E-state index contributed by atoms with van der Waals surface area (Å²) in [6, 6.07) is 8.27. The van der Waals surface area contributed by atoms with Gasteiger partial charge in [0.25, 0.3) is 0 Å². The number of benzene rings is 1. The molecule has 2 rings (SSSR count). The van der Waals surface area contributed by atoms with E-state index in [4.69, 9.17) is 4.74 Å². The van der Waals surface area contributed by atoms with E-state index in [0.717, 1.165) is 43.1 Å². The average molecular weight is 417 g/mol. The summed E-state index contributed by atoms with van der Waals surface area (Å²) < 4.78 is 5.90. The molecule has 1 aromatic carbocycles. The van der Waals surface area contributed by atoms with Crippen LogP contribution in [0.4, 0.5) is 0 Å². The fraction of sp³-hybridized carbons (Fsp3) is 0.786. The van der Waals surface area contributed by atoms with Gasteiger partial charge in [-0.3, -0.25) is 0 Å². The van der Waals surface area contributed by atoms with Crippen LogP contribution in [0.5, 0.6) is 5.75 Å². The van der Waals surface area contributed by atoms with E-state index in [1.807, 2.05) is 12.1 Å². The lowest BCUT2D eigenvalue weighted by Crippen LogP contribution is -2.31. The lowest BCUT2D eigenvalue weighted by molar-refractivity contribution is -0.0154. The number of ether oxygens (including phenoxy) is 1. The van der Waals surface area contributed by atoms with Crippen LogP contribution in [-0.2, 0) is 5.60 Å². The highest BCUT2D eigenvalue weighted by atomic mass is 16.5. The van der Waals surface area contributed by atoms with Crippen LogP contribution in [0, 0.1) is 5.92 Å². The fourth-order valence-electron chi connectivity index (χ4n) is 4.88. The smallest absolute Gasteiger partial charge is 0.119 e. The quantitative estimate of drug-likeness (QED) is 0.273. The van der Waals surface area contributed by atoms with Crippen LogP contribution >= 0.6 is 0 Å². The van der Waals surface area contributed by atoms with Crippen LogP contribution in [0.3, 0.4) is 0 Å². The Morgan fingerprint density at radius 1 is 0.767 bits per heavy atom. The Hall–Kier alpha value is -1.02. The van der Waals surface area contributed by atoms with Gasteiger partial charge in [0.1, 0.15) is 5.75 Å². The standard InChI is InChI=1S/C28H48O2/c1-3-5-7-9-11-13-15-25-20-22-28(29,23-21-25)26-16-18-27(19-17-26)30-24-14-12-10-8-6-4-2/h16-19,25,29H,3-15,20-24H2,1-2H3. The van der Waals surface area contributed by atoms with Crippen LogP contribution in [0.25, 0.3) is 0 Å². The van der Waals surface area contributed by atoms with E-state index in [1.165, 1.54) is 89.9 Å².